The quantitative estimate of drug-likeness (QED) is 0.753. The van der Waals surface area contributed by atoms with Crippen molar-refractivity contribution in [3.8, 4) is 5.69 Å². The Morgan fingerprint density at radius 2 is 1.95 bits per heavy atom. The third-order valence-electron chi connectivity index (χ3n) is 3.27. The molecule has 106 valence electrons. The van der Waals surface area contributed by atoms with Crippen molar-refractivity contribution in [1.82, 2.24) is 14.8 Å². The molecule has 3 rings (SSSR count). The van der Waals surface area contributed by atoms with Crippen molar-refractivity contribution < 1.29 is 5.11 Å². The second-order valence-corrected chi connectivity index (χ2v) is 4.66. The molecule has 5 nitrogen and oxygen atoms in total. The van der Waals surface area contributed by atoms with Gasteiger partial charge in [-0.2, -0.15) is 5.10 Å². The Morgan fingerprint density at radius 1 is 1.10 bits per heavy atom. The van der Waals surface area contributed by atoms with Gasteiger partial charge in [0.05, 0.1) is 24.2 Å². The molecular formula is C16H16N4O. The van der Waals surface area contributed by atoms with Gasteiger partial charge in [0.15, 0.2) is 0 Å². The minimum atomic E-state index is 0.00307. The first kappa shape index (κ1) is 13.3. The molecule has 0 aliphatic heterocycles. The molecule has 2 aromatic heterocycles. The van der Waals surface area contributed by atoms with Crippen molar-refractivity contribution in [2.75, 3.05) is 5.32 Å². The molecule has 0 atom stereocenters. The van der Waals surface area contributed by atoms with E-state index in [0.29, 0.717) is 6.54 Å². The fraction of sp³-hybridized carbons (Fsp3) is 0.125. The maximum absolute atomic E-state index is 9.28. The Morgan fingerprint density at radius 3 is 2.67 bits per heavy atom. The molecule has 2 N–H and O–H groups in total. The number of aliphatic hydroxyl groups excluding tert-OH is 1. The lowest BCUT2D eigenvalue weighted by Crippen LogP contribution is -2.03. The smallest absolute Gasteiger partial charge is 0.0703 e. The first-order valence-electron chi connectivity index (χ1n) is 6.73. The molecule has 1 aromatic carbocycles. The molecule has 2 heterocycles. The fourth-order valence-corrected chi connectivity index (χ4v) is 2.11. The minimum absolute atomic E-state index is 0.00307. The van der Waals surface area contributed by atoms with Crippen LogP contribution in [0.1, 0.15) is 11.1 Å². The number of benzene rings is 1. The van der Waals surface area contributed by atoms with Crippen LogP contribution in [0.2, 0.25) is 0 Å². The number of aliphatic hydroxyl groups is 1. The van der Waals surface area contributed by atoms with E-state index in [-0.39, 0.29) is 6.61 Å². The van der Waals surface area contributed by atoms with E-state index in [1.807, 2.05) is 35.1 Å². The topological polar surface area (TPSA) is 63.0 Å². The molecular weight excluding hydrogens is 264 g/mol. The Balaban J connectivity index is 1.68. The maximum Gasteiger partial charge on any atom is 0.0703 e. The van der Waals surface area contributed by atoms with E-state index in [1.165, 1.54) is 0 Å². The van der Waals surface area contributed by atoms with Crippen LogP contribution in [0, 0.1) is 0 Å². The molecule has 5 heteroatoms. The zero-order valence-corrected chi connectivity index (χ0v) is 11.5. The molecule has 21 heavy (non-hydrogen) atoms. The summed E-state index contributed by atoms with van der Waals surface area (Å²) in [6.45, 7) is 0.682. The molecule has 0 spiro atoms. The van der Waals surface area contributed by atoms with Gasteiger partial charge >= 0.3 is 0 Å². The molecule has 0 amide bonds. The zero-order chi connectivity index (χ0) is 14.5. The van der Waals surface area contributed by atoms with E-state index >= 15 is 0 Å². The van der Waals surface area contributed by atoms with Crippen LogP contribution in [0.5, 0.6) is 0 Å². The minimum Gasteiger partial charge on any atom is -0.392 e. The molecule has 0 aliphatic rings. The van der Waals surface area contributed by atoms with Crippen LogP contribution in [0.4, 0.5) is 5.69 Å². The molecule has 3 aromatic rings. The summed E-state index contributed by atoms with van der Waals surface area (Å²) in [7, 11) is 0. The standard InChI is InChI=1S/C16H16N4O/c21-12-14-6-8-17-11-16(14)18-10-13-2-4-15(5-3-13)20-9-1-7-19-20/h1-9,11,18,21H,10,12H2. The third-order valence-corrected chi connectivity index (χ3v) is 3.27. The highest BCUT2D eigenvalue weighted by atomic mass is 16.3. The highest BCUT2D eigenvalue weighted by molar-refractivity contribution is 5.49. The summed E-state index contributed by atoms with van der Waals surface area (Å²) < 4.78 is 1.82. The molecule has 0 saturated heterocycles. The van der Waals surface area contributed by atoms with Crippen molar-refractivity contribution in [1.29, 1.82) is 0 Å². The summed E-state index contributed by atoms with van der Waals surface area (Å²) in [5.41, 5.74) is 3.88. The molecule has 0 bridgehead atoms. The van der Waals surface area contributed by atoms with E-state index in [9.17, 15) is 5.11 Å². The highest BCUT2D eigenvalue weighted by Gasteiger charge is 2.01. The van der Waals surface area contributed by atoms with Gasteiger partial charge in [-0.25, -0.2) is 4.68 Å². The van der Waals surface area contributed by atoms with Gasteiger partial charge in [-0.1, -0.05) is 12.1 Å². The second-order valence-electron chi connectivity index (χ2n) is 4.66. The van der Waals surface area contributed by atoms with Crippen molar-refractivity contribution in [3.05, 3.63) is 72.3 Å². The van der Waals surface area contributed by atoms with Crippen molar-refractivity contribution in [2.24, 2.45) is 0 Å². The summed E-state index contributed by atoms with van der Waals surface area (Å²) in [6, 6.07) is 11.9. The van der Waals surface area contributed by atoms with Gasteiger partial charge in [-0.3, -0.25) is 4.98 Å². The first-order chi connectivity index (χ1) is 10.4. The number of anilines is 1. The Bertz CT molecular complexity index is 693. The molecule has 0 radical (unpaired) electrons. The number of nitrogens with one attached hydrogen (secondary N) is 1. The monoisotopic (exact) mass is 280 g/mol. The van der Waals surface area contributed by atoms with Crippen LogP contribution in [-0.2, 0) is 13.2 Å². The van der Waals surface area contributed by atoms with E-state index < -0.39 is 0 Å². The predicted octanol–water partition coefficient (Wildman–Crippen LogP) is 2.37. The summed E-state index contributed by atoms with van der Waals surface area (Å²) in [4.78, 5) is 4.07. The maximum atomic E-state index is 9.28. The SMILES string of the molecule is OCc1ccncc1NCc1ccc(-n2cccn2)cc1. The van der Waals surface area contributed by atoms with Crippen molar-refractivity contribution in [3.63, 3.8) is 0 Å². The van der Waals surface area contributed by atoms with Gasteiger partial charge < -0.3 is 10.4 Å². The highest BCUT2D eigenvalue weighted by Crippen LogP contribution is 2.15. The summed E-state index contributed by atoms with van der Waals surface area (Å²) in [5.74, 6) is 0. The zero-order valence-electron chi connectivity index (χ0n) is 11.5. The number of rotatable bonds is 5. The largest absolute Gasteiger partial charge is 0.392 e. The van der Waals surface area contributed by atoms with E-state index in [4.69, 9.17) is 0 Å². The lowest BCUT2D eigenvalue weighted by molar-refractivity contribution is 0.282. The van der Waals surface area contributed by atoms with Gasteiger partial charge in [0.2, 0.25) is 0 Å². The van der Waals surface area contributed by atoms with Gasteiger partial charge in [-0.05, 0) is 29.8 Å². The van der Waals surface area contributed by atoms with E-state index in [1.54, 1.807) is 18.6 Å². The number of nitrogens with zero attached hydrogens (tertiary/aromatic N) is 3. The number of hydrogen-bond donors (Lipinski definition) is 2. The van der Waals surface area contributed by atoms with E-state index in [0.717, 1.165) is 22.5 Å². The summed E-state index contributed by atoms with van der Waals surface area (Å²) in [6.07, 6.45) is 7.07. The van der Waals surface area contributed by atoms with Gasteiger partial charge in [0, 0.05) is 30.7 Å². The predicted molar refractivity (Wildman–Crippen MR) is 81.1 cm³/mol. The van der Waals surface area contributed by atoms with Crippen LogP contribution in [-0.4, -0.2) is 19.9 Å². The fourth-order valence-electron chi connectivity index (χ4n) is 2.11. The average Bonchev–Trinajstić information content (AvgIpc) is 3.08. The van der Waals surface area contributed by atoms with Crippen LogP contribution in [0.3, 0.4) is 0 Å². The molecule has 0 aliphatic carbocycles. The Kier molecular flexibility index (Phi) is 3.93. The lowest BCUT2D eigenvalue weighted by atomic mass is 10.2. The first-order valence-corrected chi connectivity index (χ1v) is 6.73. The van der Waals surface area contributed by atoms with Gasteiger partial charge in [-0.15, -0.1) is 0 Å². The summed E-state index contributed by atoms with van der Waals surface area (Å²) in [5, 5.41) is 16.8. The number of hydrogen-bond acceptors (Lipinski definition) is 4. The van der Waals surface area contributed by atoms with Crippen molar-refractivity contribution in [2.45, 2.75) is 13.2 Å². The molecule has 0 fully saturated rings. The van der Waals surface area contributed by atoms with Crippen LogP contribution in [0.25, 0.3) is 5.69 Å². The normalized spacial score (nSPS) is 10.5. The third kappa shape index (κ3) is 3.09. The number of pyridine rings is 1. The van der Waals surface area contributed by atoms with Gasteiger partial charge in [0.1, 0.15) is 0 Å². The van der Waals surface area contributed by atoms with Crippen molar-refractivity contribution >= 4 is 5.69 Å². The van der Waals surface area contributed by atoms with Crippen LogP contribution >= 0.6 is 0 Å². The number of aromatic nitrogens is 3. The summed E-state index contributed by atoms with van der Waals surface area (Å²) >= 11 is 0. The van der Waals surface area contributed by atoms with E-state index in [2.05, 4.69) is 27.5 Å². The molecule has 0 unspecified atom stereocenters. The molecule has 0 saturated carbocycles. The Hall–Kier alpha value is -2.66. The van der Waals surface area contributed by atoms with Gasteiger partial charge in [0.25, 0.3) is 0 Å². The lowest BCUT2D eigenvalue weighted by Gasteiger charge is -2.10. The Labute approximate surface area is 122 Å². The second kappa shape index (κ2) is 6.19. The average molecular weight is 280 g/mol. The van der Waals surface area contributed by atoms with Crippen LogP contribution in [0.15, 0.2) is 61.2 Å². The van der Waals surface area contributed by atoms with Crippen LogP contribution < -0.4 is 5.32 Å².